The predicted octanol–water partition coefficient (Wildman–Crippen LogP) is 14.4. The first kappa shape index (κ1) is 42.5. The zero-order valence-electron chi connectivity index (χ0n) is 38.1. The van der Waals surface area contributed by atoms with Gasteiger partial charge in [-0.1, -0.05) is 121 Å². The van der Waals surface area contributed by atoms with Crippen molar-refractivity contribution >= 4 is 43.6 Å². The molecule has 0 unspecified atom stereocenters. The van der Waals surface area contributed by atoms with Gasteiger partial charge in [-0.2, -0.15) is 26.3 Å². The molecule has 0 amide bonds. The lowest BCUT2D eigenvalue weighted by Crippen LogP contribution is -2.06. The number of hydrogen-bond acceptors (Lipinski definition) is 7. The van der Waals surface area contributed by atoms with Crippen LogP contribution < -0.4 is 0 Å². The fraction of sp³-hybridized carbons (Fsp3) is 0. The molecule has 0 N–H and O–H groups in total. The number of rotatable bonds is 7. The van der Waals surface area contributed by atoms with Gasteiger partial charge in [0.05, 0.1) is 103 Å². The molecule has 0 saturated carbocycles. The third-order valence-electron chi connectivity index (χ3n) is 13.3. The van der Waals surface area contributed by atoms with Gasteiger partial charge < -0.3 is 9.13 Å². The van der Waals surface area contributed by atoms with Crippen LogP contribution in [0, 0.1) is 56.7 Å². The molecule has 9 aromatic carbocycles. The summed E-state index contributed by atoms with van der Waals surface area (Å²) < 4.78 is 4.42. The molecular weight excluding hydrogens is 883 g/mol. The molecule has 0 bridgehead atoms. The number of benzene rings is 9. The lowest BCUT2D eigenvalue weighted by atomic mass is 9.97. The summed E-state index contributed by atoms with van der Waals surface area (Å²) in [4.78, 5) is 10.4. The molecule has 0 atom stereocenters. The molecule has 0 saturated heterocycles. The van der Waals surface area contributed by atoms with E-state index < -0.39 is 0 Å². The predicted molar refractivity (Wildman–Crippen MR) is 281 cm³/mol. The van der Waals surface area contributed by atoms with Crippen LogP contribution in [0.3, 0.4) is 0 Å². The Morgan fingerprint density at radius 2 is 0.722 bits per heavy atom. The van der Waals surface area contributed by atoms with E-state index >= 15 is 0 Å². The first-order valence-electron chi connectivity index (χ1n) is 23.0. The Labute approximate surface area is 413 Å². The zero-order chi connectivity index (χ0) is 48.9. The van der Waals surface area contributed by atoms with Crippen molar-refractivity contribution in [2.75, 3.05) is 0 Å². The highest BCUT2D eigenvalue weighted by Crippen LogP contribution is 2.43. The third kappa shape index (κ3) is 6.98. The van der Waals surface area contributed by atoms with Crippen LogP contribution in [0.1, 0.15) is 27.8 Å². The standard InChI is InChI=1S/C63H33N9/c64-34-39-19-23-48(45(27-39)36-66)43-21-25-59-53(29-43)50-15-7-9-17-57(50)71(59)61-31-47(38-68)52(63-69-55(41-11-3-1-4-12-41)33-56(70-63)42-13-5-2-6-14-42)32-62(61)72-58-18-10-8-16-51(58)54-30-44(22-26-60(54)72)49-24-20-40(35-65)28-46(49)37-67/h1-33H. The van der Waals surface area contributed by atoms with Crippen molar-refractivity contribution in [2.45, 2.75) is 0 Å². The van der Waals surface area contributed by atoms with Gasteiger partial charge in [-0.3, -0.25) is 0 Å². The fourth-order valence-electron chi connectivity index (χ4n) is 10.0. The van der Waals surface area contributed by atoms with Crippen molar-refractivity contribution in [1.29, 1.82) is 26.3 Å². The number of fused-ring (bicyclic) bond motifs is 6. The number of nitriles is 5. The molecule has 0 spiro atoms. The summed E-state index contributed by atoms with van der Waals surface area (Å²) in [5, 5.41) is 54.8. The van der Waals surface area contributed by atoms with E-state index in [9.17, 15) is 26.3 Å². The maximum atomic E-state index is 11.3. The van der Waals surface area contributed by atoms with Crippen LogP contribution in [0.2, 0.25) is 0 Å². The van der Waals surface area contributed by atoms with E-state index in [1.807, 2.05) is 127 Å². The second-order valence-electron chi connectivity index (χ2n) is 17.3. The summed E-state index contributed by atoms with van der Waals surface area (Å²) in [5.41, 5.74) is 13.8. The number of para-hydroxylation sites is 2. The van der Waals surface area contributed by atoms with E-state index in [4.69, 9.17) is 9.97 Å². The molecular formula is C63H33N9. The van der Waals surface area contributed by atoms with Crippen LogP contribution in [0.4, 0.5) is 0 Å². The van der Waals surface area contributed by atoms with Gasteiger partial charge in [0.2, 0.25) is 0 Å². The molecule has 0 aliphatic heterocycles. The van der Waals surface area contributed by atoms with Crippen LogP contribution in [0.5, 0.6) is 0 Å². The first-order valence-corrected chi connectivity index (χ1v) is 23.0. The molecule has 0 fully saturated rings. The average Bonchev–Trinajstić information content (AvgIpc) is 3.96. The maximum Gasteiger partial charge on any atom is 0.161 e. The van der Waals surface area contributed by atoms with Gasteiger partial charge in [0.15, 0.2) is 5.82 Å². The Kier molecular flexibility index (Phi) is 10.2. The van der Waals surface area contributed by atoms with Gasteiger partial charge in [-0.05, 0) is 101 Å². The molecule has 0 aliphatic carbocycles. The van der Waals surface area contributed by atoms with E-state index in [1.165, 1.54) is 0 Å². The largest absolute Gasteiger partial charge is 0.307 e. The Morgan fingerprint density at radius 1 is 0.306 bits per heavy atom. The molecule has 72 heavy (non-hydrogen) atoms. The summed E-state index contributed by atoms with van der Waals surface area (Å²) in [6.07, 6.45) is 0. The van der Waals surface area contributed by atoms with E-state index in [0.29, 0.717) is 61.7 Å². The van der Waals surface area contributed by atoms with Crippen LogP contribution in [-0.4, -0.2) is 19.1 Å². The Balaban J connectivity index is 1.18. The molecule has 9 nitrogen and oxygen atoms in total. The highest BCUT2D eigenvalue weighted by atomic mass is 15.1. The SMILES string of the molecule is N#Cc1ccc(-c2ccc3c(c2)c2ccccc2n3-c2cc(C#N)c(-c3nc(-c4ccccc4)cc(-c4ccccc4)n3)cc2-n2c3ccccc3c3cc(-c4ccc(C#N)cc4C#N)ccc32)c(C#N)c1. The topological polar surface area (TPSA) is 155 Å². The van der Waals surface area contributed by atoms with Crippen molar-refractivity contribution in [3.05, 3.63) is 228 Å². The summed E-state index contributed by atoms with van der Waals surface area (Å²) in [6.45, 7) is 0. The van der Waals surface area contributed by atoms with E-state index in [2.05, 4.69) is 88.0 Å². The molecule has 3 heterocycles. The van der Waals surface area contributed by atoms with Crippen molar-refractivity contribution in [3.8, 4) is 97.9 Å². The Hall–Kier alpha value is -10.9. The Morgan fingerprint density at radius 3 is 1.18 bits per heavy atom. The summed E-state index contributed by atoms with van der Waals surface area (Å²) >= 11 is 0. The van der Waals surface area contributed by atoms with Gasteiger partial charge >= 0.3 is 0 Å². The number of hydrogen-bond donors (Lipinski definition) is 0. The van der Waals surface area contributed by atoms with Gasteiger partial charge in [-0.25, -0.2) is 9.97 Å². The summed E-state index contributed by atoms with van der Waals surface area (Å²) in [5.74, 6) is 0.384. The lowest BCUT2D eigenvalue weighted by molar-refractivity contribution is 1.09. The molecule has 0 radical (unpaired) electrons. The van der Waals surface area contributed by atoms with Gasteiger partial charge in [0, 0.05) is 38.2 Å². The molecule has 9 heteroatoms. The Bertz CT molecular complexity index is 4390. The first-order chi connectivity index (χ1) is 35.5. The number of nitrogens with zero attached hydrogens (tertiary/aromatic N) is 9. The zero-order valence-corrected chi connectivity index (χ0v) is 38.1. The monoisotopic (exact) mass is 915 g/mol. The second kappa shape index (κ2) is 17.3. The highest BCUT2D eigenvalue weighted by molar-refractivity contribution is 6.13. The van der Waals surface area contributed by atoms with Crippen molar-refractivity contribution in [3.63, 3.8) is 0 Å². The molecule has 3 aromatic heterocycles. The molecule has 12 rings (SSSR count). The minimum atomic E-state index is 0.365. The van der Waals surface area contributed by atoms with Crippen LogP contribution >= 0.6 is 0 Å². The van der Waals surface area contributed by atoms with Gasteiger partial charge in [-0.15, -0.1) is 0 Å². The molecule has 12 aromatic rings. The van der Waals surface area contributed by atoms with E-state index in [-0.39, 0.29) is 0 Å². The quantitative estimate of drug-likeness (QED) is 0.154. The van der Waals surface area contributed by atoms with E-state index in [1.54, 1.807) is 24.3 Å². The van der Waals surface area contributed by atoms with Gasteiger partial charge in [0.1, 0.15) is 0 Å². The van der Waals surface area contributed by atoms with Crippen LogP contribution in [0.15, 0.2) is 200 Å². The summed E-state index contributed by atoms with van der Waals surface area (Å²) in [7, 11) is 0. The maximum absolute atomic E-state index is 11.3. The van der Waals surface area contributed by atoms with Crippen molar-refractivity contribution in [2.24, 2.45) is 0 Å². The second-order valence-corrected chi connectivity index (χ2v) is 17.3. The molecule has 0 aliphatic rings. The molecule has 330 valence electrons. The third-order valence-corrected chi connectivity index (χ3v) is 13.3. The van der Waals surface area contributed by atoms with Crippen LogP contribution in [0.25, 0.3) is 111 Å². The smallest absolute Gasteiger partial charge is 0.161 e. The lowest BCUT2D eigenvalue weighted by Gasteiger charge is -2.19. The highest BCUT2D eigenvalue weighted by Gasteiger charge is 2.25. The van der Waals surface area contributed by atoms with Crippen LogP contribution in [-0.2, 0) is 0 Å². The number of aromatic nitrogens is 4. The fourth-order valence-corrected chi connectivity index (χ4v) is 10.0. The minimum Gasteiger partial charge on any atom is -0.307 e. The summed E-state index contributed by atoms with van der Waals surface area (Å²) in [6, 6.07) is 76.3. The normalized spacial score (nSPS) is 11.0. The van der Waals surface area contributed by atoms with E-state index in [0.717, 1.165) is 77.2 Å². The van der Waals surface area contributed by atoms with Crippen molar-refractivity contribution in [1.82, 2.24) is 19.1 Å². The average molecular weight is 916 g/mol. The van der Waals surface area contributed by atoms with Crippen molar-refractivity contribution < 1.29 is 0 Å². The minimum absolute atomic E-state index is 0.365. The van der Waals surface area contributed by atoms with Gasteiger partial charge in [0.25, 0.3) is 0 Å².